The van der Waals surface area contributed by atoms with Gasteiger partial charge < -0.3 is 9.15 Å². The maximum absolute atomic E-state index is 11.5. The minimum atomic E-state index is -0.436. The van der Waals surface area contributed by atoms with Crippen LogP contribution < -0.4 is 10.4 Å². The van der Waals surface area contributed by atoms with Gasteiger partial charge in [0.15, 0.2) is 0 Å². The first kappa shape index (κ1) is 12.4. The molecule has 3 heteroatoms. The van der Waals surface area contributed by atoms with Crippen LogP contribution in [0.3, 0.4) is 0 Å². The maximum atomic E-state index is 11.5. The smallest absolute Gasteiger partial charge is 0.378 e. The highest BCUT2D eigenvalue weighted by Crippen LogP contribution is 2.23. The molecule has 0 aliphatic heterocycles. The number of hydrogen-bond donors (Lipinski definition) is 0. The molecule has 2 aromatic rings. The van der Waals surface area contributed by atoms with E-state index in [1.165, 1.54) is 6.26 Å². The topological polar surface area (TPSA) is 39.4 Å². The van der Waals surface area contributed by atoms with E-state index in [0.717, 1.165) is 18.4 Å². The average Bonchev–Trinajstić information content (AvgIpc) is 2.42. The zero-order valence-electron chi connectivity index (χ0n) is 10.3. The van der Waals surface area contributed by atoms with Gasteiger partial charge in [0.05, 0.1) is 6.26 Å². The van der Waals surface area contributed by atoms with E-state index < -0.39 is 5.63 Å². The van der Waals surface area contributed by atoms with Crippen molar-refractivity contribution in [1.82, 2.24) is 0 Å². The van der Waals surface area contributed by atoms with E-state index in [-0.39, 0.29) is 11.9 Å². The fourth-order valence-electron chi connectivity index (χ4n) is 1.82. The summed E-state index contributed by atoms with van der Waals surface area (Å²) in [5.74, 6) is 0.264. The van der Waals surface area contributed by atoms with Crippen LogP contribution in [0.15, 0.2) is 57.9 Å². The molecule has 1 aromatic heterocycles. The Morgan fingerprint density at radius 2 is 1.94 bits per heavy atom. The van der Waals surface area contributed by atoms with Gasteiger partial charge in [0.2, 0.25) is 5.75 Å². The van der Waals surface area contributed by atoms with E-state index in [1.54, 1.807) is 12.1 Å². The van der Waals surface area contributed by atoms with Gasteiger partial charge in [-0.05, 0) is 24.1 Å². The Hall–Kier alpha value is -2.03. The molecular formula is C15H16O3. The van der Waals surface area contributed by atoms with E-state index in [9.17, 15) is 4.79 Å². The lowest BCUT2D eigenvalue weighted by Crippen LogP contribution is -2.12. The van der Waals surface area contributed by atoms with E-state index in [0.29, 0.717) is 0 Å². The molecule has 0 saturated heterocycles. The van der Waals surface area contributed by atoms with Crippen molar-refractivity contribution >= 4 is 0 Å². The molecule has 0 amide bonds. The molecule has 94 valence electrons. The molecule has 1 aromatic carbocycles. The lowest BCUT2D eigenvalue weighted by Gasteiger charge is -2.17. The van der Waals surface area contributed by atoms with Gasteiger partial charge in [-0.2, -0.15) is 0 Å². The summed E-state index contributed by atoms with van der Waals surface area (Å²) in [6, 6.07) is 13.2. The van der Waals surface area contributed by atoms with Gasteiger partial charge in [0, 0.05) is 0 Å². The molecule has 18 heavy (non-hydrogen) atoms. The van der Waals surface area contributed by atoms with Crippen LogP contribution in [-0.2, 0) is 0 Å². The van der Waals surface area contributed by atoms with Crippen molar-refractivity contribution < 1.29 is 9.15 Å². The summed E-state index contributed by atoms with van der Waals surface area (Å²) in [7, 11) is 0. The fourth-order valence-corrected chi connectivity index (χ4v) is 1.82. The molecule has 0 bridgehead atoms. The molecule has 0 aliphatic carbocycles. The molecule has 0 N–H and O–H groups in total. The van der Waals surface area contributed by atoms with Crippen LogP contribution in [0.4, 0.5) is 0 Å². The Labute approximate surface area is 106 Å². The zero-order chi connectivity index (χ0) is 12.8. The van der Waals surface area contributed by atoms with Crippen molar-refractivity contribution in [3.8, 4) is 5.75 Å². The molecule has 0 saturated carbocycles. The lowest BCUT2D eigenvalue weighted by atomic mass is 10.1. The summed E-state index contributed by atoms with van der Waals surface area (Å²) in [6.45, 7) is 2.09. The monoisotopic (exact) mass is 244 g/mol. The van der Waals surface area contributed by atoms with Crippen molar-refractivity contribution in [3.05, 3.63) is 64.7 Å². The van der Waals surface area contributed by atoms with Gasteiger partial charge in [-0.1, -0.05) is 43.7 Å². The highest BCUT2D eigenvalue weighted by atomic mass is 16.5. The number of benzene rings is 1. The number of ether oxygens (including phenoxy) is 1. The second kappa shape index (κ2) is 6.05. The van der Waals surface area contributed by atoms with Crippen LogP contribution in [0.5, 0.6) is 5.75 Å². The summed E-state index contributed by atoms with van der Waals surface area (Å²) < 4.78 is 10.6. The molecule has 0 aliphatic rings. The summed E-state index contributed by atoms with van der Waals surface area (Å²) in [4.78, 5) is 11.5. The molecule has 1 heterocycles. The van der Waals surface area contributed by atoms with Crippen molar-refractivity contribution in [2.24, 2.45) is 0 Å². The zero-order valence-corrected chi connectivity index (χ0v) is 10.3. The van der Waals surface area contributed by atoms with E-state index in [1.807, 2.05) is 30.3 Å². The Bertz CT molecular complexity index is 531. The fraction of sp³-hybridized carbons (Fsp3) is 0.267. The van der Waals surface area contributed by atoms with Gasteiger partial charge in [0.25, 0.3) is 0 Å². The van der Waals surface area contributed by atoms with Gasteiger partial charge in [-0.15, -0.1) is 0 Å². The second-order valence-electron chi connectivity index (χ2n) is 4.07. The molecule has 3 nitrogen and oxygen atoms in total. The first-order valence-corrected chi connectivity index (χ1v) is 6.10. The summed E-state index contributed by atoms with van der Waals surface area (Å²) in [6.07, 6.45) is 3.09. The molecular weight excluding hydrogens is 228 g/mol. The van der Waals surface area contributed by atoms with Crippen molar-refractivity contribution in [1.29, 1.82) is 0 Å². The molecule has 0 spiro atoms. The van der Waals surface area contributed by atoms with Crippen molar-refractivity contribution in [2.45, 2.75) is 25.9 Å². The predicted molar refractivity (Wildman–Crippen MR) is 69.7 cm³/mol. The molecule has 2 rings (SSSR count). The van der Waals surface area contributed by atoms with Crippen LogP contribution in [0.25, 0.3) is 0 Å². The molecule has 0 radical (unpaired) electrons. The largest absolute Gasteiger partial charge is 0.478 e. The van der Waals surface area contributed by atoms with Gasteiger partial charge in [0.1, 0.15) is 6.10 Å². The average molecular weight is 244 g/mol. The third kappa shape index (κ3) is 3.00. The molecule has 1 unspecified atom stereocenters. The van der Waals surface area contributed by atoms with Crippen LogP contribution in [0.2, 0.25) is 0 Å². The van der Waals surface area contributed by atoms with Crippen LogP contribution >= 0.6 is 0 Å². The van der Waals surface area contributed by atoms with Crippen molar-refractivity contribution in [3.63, 3.8) is 0 Å². The number of rotatable bonds is 5. The summed E-state index contributed by atoms with van der Waals surface area (Å²) >= 11 is 0. The van der Waals surface area contributed by atoms with Gasteiger partial charge >= 0.3 is 5.63 Å². The lowest BCUT2D eigenvalue weighted by molar-refractivity contribution is 0.184. The van der Waals surface area contributed by atoms with Gasteiger partial charge in [-0.3, -0.25) is 0 Å². The SMILES string of the molecule is CCCC(Oc1cccoc1=O)c1ccccc1. The Morgan fingerprint density at radius 3 is 2.61 bits per heavy atom. The Morgan fingerprint density at radius 1 is 1.17 bits per heavy atom. The highest BCUT2D eigenvalue weighted by molar-refractivity contribution is 5.21. The van der Waals surface area contributed by atoms with E-state index >= 15 is 0 Å². The van der Waals surface area contributed by atoms with Crippen LogP contribution in [0, 0.1) is 0 Å². The summed E-state index contributed by atoms with van der Waals surface area (Å²) in [5, 5.41) is 0. The molecule has 1 atom stereocenters. The molecule has 0 fully saturated rings. The standard InChI is InChI=1S/C15H16O3/c1-2-7-13(12-8-4-3-5-9-12)18-14-10-6-11-17-15(14)16/h3-6,8-11,13H,2,7H2,1H3. The minimum absolute atomic E-state index is 0.110. The Balaban J connectivity index is 2.22. The third-order valence-corrected chi connectivity index (χ3v) is 2.69. The first-order valence-electron chi connectivity index (χ1n) is 6.10. The minimum Gasteiger partial charge on any atom is -0.478 e. The summed E-state index contributed by atoms with van der Waals surface area (Å²) in [5.41, 5.74) is 0.636. The quantitative estimate of drug-likeness (QED) is 0.807. The van der Waals surface area contributed by atoms with E-state index in [4.69, 9.17) is 9.15 Å². The second-order valence-corrected chi connectivity index (χ2v) is 4.07. The van der Waals surface area contributed by atoms with Crippen molar-refractivity contribution in [2.75, 3.05) is 0 Å². The first-order chi connectivity index (χ1) is 8.81. The van der Waals surface area contributed by atoms with E-state index in [2.05, 4.69) is 6.92 Å². The predicted octanol–water partition coefficient (Wildman–Crippen LogP) is 3.56. The number of hydrogen-bond acceptors (Lipinski definition) is 3. The highest BCUT2D eigenvalue weighted by Gasteiger charge is 2.14. The normalized spacial score (nSPS) is 12.1. The van der Waals surface area contributed by atoms with Crippen LogP contribution in [-0.4, -0.2) is 0 Å². The van der Waals surface area contributed by atoms with Crippen LogP contribution in [0.1, 0.15) is 31.4 Å². The third-order valence-electron chi connectivity index (χ3n) is 2.69. The maximum Gasteiger partial charge on any atom is 0.378 e. The van der Waals surface area contributed by atoms with Gasteiger partial charge in [-0.25, -0.2) is 4.79 Å². The Kier molecular flexibility index (Phi) is 4.18.